The van der Waals surface area contributed by atoms with E-state index in [9.17, 15) is 0 Å². The second kappa shape index (κ2) is 6.55. The molecule has 0 aliphatic rings. The summed E-state index contributed by atoms with van der Waals surface area (Å²) < 4.78 is 5.15. The van der Waals surface area contributed by atoms with E-state index >= 15 is 0 Å². The fourth-order valence-corrected chi connectivity index (χ4v) is 0.608. The quantitative estimate of drug-likeness (QED) is 0.321. The zero-order valence-corrected chi connectivity index (χ0v) is 7.00. The van der Waals surface area contributed by atoms with Crippen LogP contribution in [0.2, 0.25) is 0 Å². The molecule has 0 unspecified atom stereocenters. The summed E-state index contributed by atoms with van der Waals surface area (Å²) in [7, 11) is 3.74. The molecule has 0 amide bonds. The molecule has 0 spiro atoms. The molecule has 3 heteroatoms. The van der Waals surface area contributed by atoms with E-state index in [1.165, 1.54) is 0 Å². The molecule has 0 saturated carbocycles. The molecule has 0 aliphatic heterocycles. The fourth-order valence-electron chi connectivity index (χ4n) is 0.608. The highest BCUT2D eigenvalue weighted by molar-refractivity contribution is 5.53. The Hall–Kier alpha value is -0.570. The Morgan fingerprint density at radius 1 is 1.60 bits per heavy atom. The molecule has 0 bridgehead atoms. The molecule has 0 heterocycles. The van der Waals surface area contributed by atoms with Crippen molar-refractivity contribution in [3.05, 3.63) is 0 Å². The average Bonchev–Trinajstić information content (AvgIpc) is 1.89. The second-order valence-corrected chi connectivity index (χ2v) is 2.05. The van der Waals surface area contributed by atoms with Crippen molar-refractivity contribution in [1.29, 1.82) is 0 Å². The maximum absolute atomic E-state index is 5.15. The predicted molar refractivity (Wildman–Crippen MR) is 43.5 cm³/mol. The molecule has 0 saturated heterocycles. The van der Waals surface area contributed by atoms with Gasteiger partial charge in [0, 0.05) is 27.2 Å². The third kappa shape index (κ3) is 5.56. The largest absolute Gasteiger partial charge is 0.380 e. The van der Waals surface area contributed by atoms with Gasteiger partial charge in [0.2, 0.25) is 0 Å². The molecule has 0 aromatic heterocycles. The SMILES string of the molecule is CCOCCN(C)C=NC. The molecule has 0 N–H and O–H groups in total. The van der Waals surface area contributed by atoms with E-state index in [-0.39, 0.29) is 0 Å². The van der Waals surface area contributed by atoms with Crippen molar-refractivity contribution < 1.29 is 4.74 Å². The van der Waals surface area contributed by atoms with Crippen LogP contribution in [0, 0.1) is 0 Å². The molecule has 0 fully saturated rings. The van der Waals surface area contributed by atoms with Crippen molar-refractivity contribution in [3.63, 3.8) is 0 Å². The smallest absolute Gasteiger partial charge is 0.0844 e. The number of hydrogen-bond acceptors (Lipinski definition) is 2. The summed E-state index contributed by atoms with van der Waals surface area (Å²) in [6.45, 7) is 4.47. The topological polar surface area (TPSA) is 24.8 Å². The van der Waals surface area contributed by atoms with Crippen molar-refractivity contribution >= 4 is 6.34 Å². The zero-order valence-electron chi connectivity index (χ0n) is 7.00. The summed E-state index contributed by atoms with van der Waals surface area (Å²) in [6.07, 6.45) is 1.79. The van der Waals surface area contributed by atoms with Crippen molar-refractivity contribution in [1.82, 2.24) is 4.90 Å². The van der Waals surface area contributed by atoms with E-state index in [0.29, 0.717) is 0 Å². The molecule has 60 valence electrons. The van der Waals surface area contributed by atoms with E-state index in [4.69, 9.17) is 4.74 Å². The summed E-state index contributed by atoms with van der Waals surface area (Å²) in [5, 5.41) is 0. The Morgan fingerprint density at radius 2 is 2.30 bits per heavy atom. The van der Waals surface area contributed by atoms with Crippen LogP contribution in [-0.2, 0) is 4.74 Å². The van der Waals surface area contributed by atoms with Crippen molar-refractivity contribution in [2.24, 2.45) is 4.99 Å². The molecule has 0 rings (SSSR count). The standard InChI is InChI=1S/C7H16N2O/c1-4-10-6-5-9(3)7-8-2/h7H,4-6H2,1-3H3. The first-order chi connectivity index (χ1) is 4.81. The lowest BCUT2D eigenvalue weighted by Crippen LogP contribution is -2.21. The van der Waals surface area contributed by atoms with Crippen LogP contribution in [0.4, 0.5) is 0 Å². The number of aliphatic imine (C=N–C) groups is 1. The Morgan fingerprint density at radius 3 is 2.80 bits per heavy atom. The van der Waals surface area contributed by atoms with Gasteiger partial charge in [0.05, 0.1) is 12.9 Å². The molecule has 3 nitrogen and oxygen atoms in total. The Bertz CT molecular complexity index is 93.6. The first-order valence-electron chi connectivity index (χ1n) is 3.51. The van der Waals surface area contributed by atoms with E-state index in [2.05, 4.69) is 4.99 Å². The minimum atomic E-state index is 0.777. The summed E-state index contributed by atoms with van der Waals surface area (Å²) >= 11 is 0. The van der Waals surface area contributed by atoms with Crippen LogP contribution >= 0.6 is 0 Å². The number of ether oxygens (including phenoxy) is 1. The third-order valence-electron chi connectivity index (χ3n) is 1.11. The van der Waals surface area contributed by atoms with E-state index in [1.807, 2.05) is 18.9 Å². The third-order valence-corrected chi connectivity index (χ3v) is 1.11. The fraction of sp³-hybridized carbons (Fsp3) is 0.857. The average molecular weight is 144 g/mol. The zero-order chi connectivity index (χ0) is 7.82. The van der Waals surface area contributed by atoms with E-state index in [0.717, 1.165) is 19.8 Å². The van der Waals surface area contributed by atoms with Crippen LogP contribution in [0.5, 0.6) is 0 Å². The highest BCUT2D eigenvalue weighted by Crippen LogP contribution is 1.78. The minimum absolute atomic E-state index is 0.777. The Kier molecular flexibility index (Phi) is 6.18. The molecule has 10 heavy (non-hydrogen) atoms. The van der Waals surface area contributed by atoms with Crippen LogP contribution in [0.15, 0.2) is 4.99 Å². The lowest BCUT2D eigenvalue weighted by molar-refractivity contribution is 0.137. The van der Waals surface area contributed by atoms with Gasteiger partial charge in [0.15, 0.2) is 0 Å². The van der Waals surface area contributed by atoms with Crippen molar-refractivity contribution in [3.8, 4) is 0 Å². The van der Waals surface area contributed by atoms with Gasteiger partial charge in [-0.15, -0.1) is 0 Å². The number of rotatable bonds is 5. The predicted octanol–water partition coefficient (Wildman–Crippen LogP) is 0.613. The normalized spacial score (nSPS) is 10.7. The second-order valence-electron chi connectivity index (χ2n) is 2.05. The first-order valence-corrected chi connectivity index (χ1v) is 3.51. The molecular formula is C7H16N2O. The van der Waals surface area contributed by atoms with Crippen LogP contribution < -0.4 is 0 Å². The van der Waals surface area contributed by atoms with Gasteiger partial charge in [-0.1, -0.05) is 0 Å². The van der Waals surface area contributed by atoms with Gasteiger partial charge < -0.3 is 9.64 Å². The van der Waals surface area contributed by atoms with E-state index in [1.54, 1.807) is 13.4 Å². The maximum Gasteiger partial charge on any atom is 0.0844 e. The summed E-state index contributed by atoms with van der Waals surface area (Å²) in [5.41, 5.74) is 0. The highest BCUT2D eigenvalue weighted by Gasteiger charge is 1.88. The molecule has 0 aromatic carbocycles. The summed E-state index contributed by atoms with van der Waals surface area (Å²) in [5.74, 6) is 0. The van der Waals surface area contributed by atoms with Crippen LogP contribution in [0.3, 0.4) is 0 Å². The first kappa shape index (κ1) is 9.43. The van der Waals surface area contributed by atoms with Crippen LogP contribution in [0.1, 0.15) is 6.92 Å². The molecule has 0 radical (unpaired) electrons. The van der Waals surface area contributed by atoms with Crippen molar-refractivity contribution in [2.45, 2.75) is 6.92 Å². The Balaban J connectivity index is 3.13. The van der Waals surface area contributed by atoms with E-state index < -0.39 is 0 Å². The highest BCUT2D eigenvalue weighted by atomic mass is 16.5. The number of hydrogen-bond donors (Lipinski definition) is 0. The lowest BCUT2D eigenvalue weighted by atomic mass is 10.6. The molecule has 0 atom stereocenters. The minimum Gasteiger partial charge on any atom is -0.380 e. The van der Waals surface area contributed by atoms with Gasteiger partial charge in [-0.2, -0.15) is 0 Å². The van der Waals surface area contributed by atoms with Gasteiger partial charge in [-0.3, -0.25) is 4.99 Å². The van der Waals surface area contributed by atoms with Crippen molar-refractivity contribution in [2.75, 3.05) is 33.9 Å². The Labute approximate surface area is 62.7 Å². The lowest BCUT2D eigenvalue weighted by Gasteiger charge is -2.11. The van der Waals surface area contributed by atoms with Gasteiger partial charge in [-0.05, 0) is 6.92 Å². The number of nitrogens with zero attached hydrogens (tertiary/aromatic N) is 2. The number of likely N-dealkylation sites (N-methyl/N-ethyl adjacent to an activating group) is 1. The maximum atomic E-state index is 5.15. The van der Waals surface area contributed by atoms with Crippen LogP contribution in [-0.4, -0.2) is 45.1 Å². The molecular weight excluding hydrogens is 128 g/mol. The van der Waals surface area contributed by atoms with Gasteiger partial charge >= 0.3 is 0 Å². The monoisotopic (exact) mass is 144 g/mol. The summed E-state index contributed by atoms with van der Waals surface area (Å²) in [4.78, 5) is 5.86. The summed E-state index contributed by atoms with van der Waals surface area (Å²) in [6, 6.07) is 0. The van der Waals surface area contributed by atoms with Gasteiger partial charge in [0.1, 0.15) is 0 Å². The van der Waals surface area contributed by atoms with Crippen LogP contribution in [0.25, 0.3) is 0 Å². The van der Waals surface area contributed by atoms with Gasteiger partial charge in [0.25, 0.3) is 0 Å². The molecule has 0 aromatic rings. The molecule has 0 aliphatic carbocycles. The van der Waals surface area contributed by atoms with Gasteiger partial charge in [-0.25, -0.2) is 0 Å².